The van der Waals surface area contributed by atoms with Crippen molar-refractivity contribution in [3.05, 3.63) is 47.6 Å². The Labute approximate surface area is 154 Å². The van der Waals surface area contributed by atoms with Crippen LogP contribution in [0, 0.1) is 5.41 Å². The Morgan fingerprint density at radius 1 is 1.20 bits per heavy atom. The Balaban J connectivity index is 2.69. The zero-order chi connectivity index (χ0) is 18.7. The summed E-state index contributed by atoms with van der Waals surface area (Å²) in [6, 6.07) is 0. The van der Waals surface area contributed by atoms with Gasteiger partial charge in [-0.3, -0.25) is 4.79 Å². The van der Waals surface area contributed by atoms with Gasteiger partial charge in [-0.1, -0.05) is 76.5 Å². The van der Waals surface area contributed by atoms with Crippen LogP contribution in [0.4, 0.5) is 0 Å². The number of aliphatic hydroxyl groups is 1. The fraction of sp³-hybridized carbons (Fsp3) is 0.609. The van der Waals surface area contributed by atoms with Gasteiger partial charge in [0.1, 0.15) is 0 Å². The Morgan fingerprint density at radius 2 is 1.96 bits per heavy atom. The molecule has 1 aliphatic carbocycles. The SMILES string of the molecule is C/C=C/C=CCCC1=C(/C=C/C(O)C(C)(C)CCCCC)CCC1=O. The van der Waals surface area contributed by atoms with Gasteiger partial charge in [-0.05, 0) is 49.2 Å². The summed E-state index contributed by atoms with van der Waals surface area (Å²) in [7, 11) is 0. The molecule has 0 spiro atoms. The van der Waals surface area contributed by atoms with Crippen LogP contribution in [0.25, 0.3) is 0 Å². The fourth-order valence-electron chi connectivity index (χ4n) is 3.17. The van der Waals surface area contributed by atoms with Crippen LogP contribution < -0.4 is 0 Å². The van der Waals surface area contributed by atoms with Crippen molar-refractivity contribution in [3.63, 3.8) is 0 Å². The van der Waals surface area contributed by atoms with Crippen molar-refractivity contribution in [1.29, 1.82) is 0 Å². The number of carbonyl (C=O) groups excluding carboxylic acids is 1. The molecular formula is C23H36O2. The fourth-order valence-corrected chi connectivity index (χ4v) is 3.17. The van der Waals surface area contributed by atoms with E-state index in [1.807, 2.05) is 37.3 Å². The van der Waals surface area contributed by atoms with E-state index in [2.05, 4.69) is 26.8 Å². The summed E-state index contributed by atoms with van der Waals surface area (Å²) in [6.07, 6.45) is 19.2. The summed E-state index contributed by atoms with van der Waals surface area (Å²) in [5, 5.41) is 10.5. The number of rotatable bonds is 11. The van der Waals surface area contributed by atoms with E-state index in [0.29, 0.717) is 6.42 Å². The van der Waals surface area contributed by atoms with Gasteiger partial charge in [-0.25, -0.2) is 0 Å². The second kappa shape index (κ2) is 11.3. The Bertz CT molecular complexity index is 532. The normalized spacial score (nSPS) is 17.7. The summed E-state index contributed by atoms with van der Waals surface area (Å²) in [6.45, 7) is 8.44. The van der Waals surface area contributed by atoms with E-state index < -0.39 is 6.10 Å². The highest BCUT2D eigenvalue weighted by Gasteiger charge is 2.26. The molecule has 1 atom stereocenters. The second-order valence-corrected chi connectivity index (χ2v) is 7.67. The van der Waals surface area contributed by atoms with Crippen LogP contribution in [0.15, 0.2) is 47.6 Å². The van der Waals surface area contributed by atoms with E-state index in [1.54, 1.807) is 0 Å². The monoisotopic (exact) mass is 344 g/mol. The molecule has 0 fully saturated rings. The Kier molecular flexibility index (Phi) is 9.74. The third kappa shape index (κ3) is 7.56. The smallest absolute Gasteiger partial charge is 0.159 e. The van der Waals surface area contributed by atoms with Crippen LogP contribution in [0.2, 0.25) is 0 Å². The summed E-state index contributed by atoms with van der Waals surface area (Å²) in [5.74, 6) is 0.274. The quantitative estimate of drug-likeness (QED) is 0.364. The van der Waals surface area contributed by atoms with Crippen LogP contribution in [0.1, 0.15) is 79.1 Å². The van der Waals surface area contributed by atoms with Crippen LogP contribution >= 0.6 is 0 Å². The van der Waals surface area contributed by atoms with Crippen molar-refractivity contribution < 1.29 is 9.90 Å². The van der Waals surface area contributed by atoms with Crippen molar-refractivity contribution >= 4 is 5.78 Å². The van der Waals surface area contributed by atoms with Gasteiger partial charge in [0.25, 0.3) is 0 Å². The average Bonchev–Trinajstić information content (AvgIpc) is 2.92. The predicted molar refractivity (Wildman–Crippen MR) is 108 cm³/mol. The standard InChI is InChI=1S/C23H36O2/c1-5-7-9-10-11-13-20-19(14-16-21(20)24)15-17-22(25)23(3,4)18-12-8-6-2/h5,7,9-10,15,17,22,25H,6,8,11-14,16,18H2,1-4H3/b7-5+,10-9?,17-15+. The molecule has 0 aliphatic heterocycles. The molecule has 0 aromatic rings. The first-order chi connectivity index (χ1) is 11.9. The molecule has 0 aromatic carbocycles. The molecule has 25 heavy (non-hydrogen) atoms. The summed E-state index contributed by atoms with van der Waals surface area (Å²) in [4.78, 5) is 12.1. The molecule has 0 radical (unpaired) electrons. The molecule has 0 saturated heterocycles. The summed E-state index contributed by atoms with van der Waals surface area (Å²) in [5.41, 5.74) is 1.95. The zero-order valence-corrected chi connectivity index (χ0v) is 16.6. The van der Waals surface area contributed by atoms with E-state index >= 15 is 0 Å². The molecule has 1 N–H and O–H groups in total. The predicted octanol–water partition coefficient (Wildman–Crippen LogP) is 6.08. The van der Waals surface area contributed by atoms with Gasteiger partial charge in [-0.2, -0.15) is 0 Å². The van der Waals surface area contributed by atoms with Gasteiger partial charge >= 0.3 is 0 Å². The lowest BCUT2D eigenvalue weighted by molar-refractivity contribution is -0.115. The first-order valence-electron chi connectivity index (χ1n) is 9.81. The maximum absolute atomic E-state index is 12.1. The molecule has 0 saturated carbocycles. The van der Waals surface area contributed by atoms with E-state index in [0.717, 1.165) is 43.3 Å². The second-order valence-electron chi connectivity index (χ2n) is 7.67. The van der Waals surface area contributed by atoms with Crippen molar-refractivity contribution in [3.8, 4) is 0 Å². The summed E-state index contributed by atoms with van der Waals surface area (Å²) < 4.78 is 0. The van der Waals surface area contributed by atoms with Crippen molar-refractivity contribution in [1.82, 2.24) is 0 Å². The largest absolute Gasteiger partial charge is 0.388 e. The maximum atomic E-state index is 12.1. The van der Waals surface area contributed by atoms with Crippen molar-refractivity contribution in [2.24, 2.45) is 5.41 Å². The minimum Gasteiger partial charge on any atom is -0.388 e. The molecule has 1 aliphatic rings. The summed E-state index contributed by atoms with van der Waals surface area (Å²) >= 11 is 0. The van der Waals surface area contributed by atoms with Gasteiger partial charge in [0.15, 0.2) is 5.78 Å². The van der Waals surface area contributed by atoms with E-state index in [-0.39, 0.29) is 11.2 Å². The molecule has 0 bridgehead atoms. The molecule has 2 nitrogen and oxygen atoms in total. The lowest BCUT2D eigenvalue weighted by Crippen LogP contribution is -2.27. The van der Waals surface area contributed by atoms with Gasteiger partial charge < -0.3 is 5.11 Å². The molecule has 2 heteroatoms. The number of Topliss-reactive ketones (excluding diaryl/α,β-unsaturated/α-hetero) is 1. The number of hydrogen-bond donors (Lipinski definition) is 1. The average molecular weight is 345 g/mol. The lowest BCUT2D eigenvalue weighted by Gasteiger charge is -2.28. The number of aliphatic hydroxyl groups excluding tert-OH is 1. The Morgan fingerprint density at radius 3 is 2.64 bits per heavy atom. The van der Waals surface area contributed by atoms with Crippen LogP contribution in [0.3, 0.4) is 0 Å². The third-order valence-electron chi connectivity index (χ3n) is 5.05. The highest BCUT2D eigenvalue weighted by Crippen LogP contribution is 2.31. The topological polar surface area (TPSA) is 37.3 Å². The number of allylic oxidation sites excluding steroid dienone is 7. The third-order valence-corrected chi connectivity index (χ3v) is 5.05. The first-order valence-corrected chi connectivity index (χ1v) is 9.81. The van der Waals surface area contributed by atoms with E-state index in [9.17, 15) is 9.90 Å². The minimum atomic E-state index is -0.469. The molecule has 0 amide bonds. The van der Waals surface area contributed by atoms with Crippen LogP contribution in [-0.2, 0) is 4.79 Å². The number of unbranched alkanes of at least 4 members (excludes halogenated alkanes) is 2. The highest BCUT2D eigenvalue weighted by molar-refractivity contribution is 5.99. The number of carbonyl (C=O) groups is 1. The van der Waals surface area contributed by atoms with E-state index in [4.69, 9.17) is 0 Å². The maximum Gasteiger partial charge on any atom is 0.159 e. The molecule has 0 aromatic heterocycles. The molecule has 1 unspecified atom stereocenters. The van der Waals surface area contributed by atoms with E-state index in [1.165, 1.54) is 12.8 Å². The molecule has 0 heterocycles. The lowest BCUT2D eigenvalue weighted by atomic mass is 9.81. The molecule has 1 rings (SSSR count). The zero-order valence-electron chi connectivity index (χ0n) is 16.6. The van der Waals surface area contributed by atoms with Gasteiger partial charge in [0.05, 0.1) is 6.10 Å². The van der Waals surface area contributed by atoms with Crippen LogP contribution in [0.5, 0.6) is 0 Å². The minimum absolute atomic E-state index is 0.121. The van der Waals surface area contributed by atoms with Gasteiger partial charge in [-0.15, -0.1) is 0 Å². The number of hydrogen-bond acceptors (Lipinski definition) is 2. The first kappa shape index (κ1) is 21.6. The highest BCUT2D eigenvalue weighted by atomic mass is 16.3. The van der Waals surface area contributed by atoms with Crippen LogP contribution in [-0.4, -0.2) is 17.0 Å². The van der Waals surface area contributed by atoms with Gasteiger partial charge in [0.2, 0.25) is 0 Å². The van der Waals surface area contributed by atoms with Crippen molar-refractivity contribution in [2.45, 2.75) is 85.2 Å². The Hall–Kier alpha value is -1.41. The van der Waals surface area contributed by atoms with Gasteiger partial charge in [0, 0.05) is 6.42 Å². The number of ketones is 1. The molecular weight excluding hydrogens is 308 g/mol. The molecule has 140 valence electrons. The van der Waals surface area contributed by atoms with Crippen molar-refractivity contribution in [2.75, 3.05) is 0 Å².